The van der Waals surface area contributed by atoms with Gasteiger partial charge in [-0.3, -0.25) is 4.79 Å². The van der Waals surface area contributed by atoms with Crippen LogP contribution in [0.3, 0.4) is 0 Å². The van der Waals surface area contributed by atoms with Gasteiger partial charge >= 0.3 is 35.5 Å². The summed E-state index contributed by atoms with van der Waals surface area (Å²) in [6.07, 6.45) is 21.2. The number of aliphatic carboxylic acids is 1. The number of unbranched alkanes of at least 4 members (excludes halogenated alkanes) is 11. The summed E-state index contributed by atoms with van der Waals surface area (Å²) in [4.78, 5) is 10.3. The minimum absolute atomic E-state index is 0. The molecule has 3 heteroatoms. The van der Waals surface area contributed by atoms with Gasteiger partial charge in [0.05, 0.1) is 0 Å². The average molecular weight is 306 g/mol. The predicted molar refractivity (Wildman–Crippen MR) is 94.2 cm³/mol. The van der Waals surface area contributed by atoms with Gasteiger partial charge in [0.2, 0.25) is 0 Å². The molecule has 0 aromatic heterocycles. The first-order valence-electron chi connectivity index (χ1n) is 8.64. The molecular weight excluding hydrogens is 271 g/mol. The van der Waals surface area contributed by atoms with Crippen LogP contribution in [0.4, 0.5) is 0 Å². The van der Waals surface area contributed by atoms with Crippen molar-refractivity contribution in [1.29, 1.82) is 0 Å². The minimum atomic E-state index is -0.664. The van der Waals surface area contributed by atoms with Gasteiger partial charge in [0.1, 0.15) is 0 Å². The maximum absolute atomic E-state index is 10.3. The number of hydrogen-bond donors (Lipinski definition) is 1. The van der Waals surface area contributed by atoms with E-state index in [1.165, 1.54) is 70.6 Å². The second-order valence-corrected chi connectivity index (χ2v) is 5.73. The van der Waals surface area contributed by atoms with E-state index in [2.05, 4.69) is 19.1 Å². The zero-order valence-corrected chi connectivity index (χ0v) is 13.4. The molecule has 0 aliphatic heterocycles. The van der Waals surface area contributed by atoms with E-state index in [9.17, 15) is 4.79 Å². The number of allylic oxidation sites excluding steroid dienone is 2. The van der Waals surface area contributed by atoms with Gasteiger partial charge in [0, 0.05) is 6.42 Å². The molecule has 0 unspecified atom stereocenters. The third kappa shape index (κ3) is 22.6. The summed E-state index contributed by atoms with van der Waals surface area (Å²) in [5.41, 5.74) is 0. The Morgan fingerprint density at radius 2 is 1.19 bits per heavy atom. The molecule has 0 amide bonds. The monoisotopic (exact) mass is 306 g/mol. The van der Waals surface area contributed by atoms with Gasteiger partial charge in [-0.2, -0.15) is 0 Å². The SMILES string of the molecule is CCCCCCCC/C=C/CCCCCCCC(=O)O.[NaH]. The quantitative estimate of drug-likeness (QED) is 0.248. The van der Waals surface area contributed by atoms with Crippen molar-refractivity contribution < 1.29 is 9.90 Å². The Balaban J connectivity index is 0. The van der Waals surface area contributed by atoms with Crippen molar-refractivity contribution in [2.75, 3.05) is 0 Å². The van der Waals surface area contributed by atoms with Gasteiger partial charge in [0.25, 0.3) is 0 Å². The first-order chi connectivity index (χ1) is 9.77. The Bertz CT molecular complexity index is 239. The molecule has 0 heterocycles. The Kier molecular flexibility index (Phi) is 22.6. The second kappa shape index (κ2) is 20.2. The Hall–Kier alpha value is 0.210. The fourth-order valence-electron chi connectivity index (χ4n) is 2.35. The van der Waals surface area contributed by atoms with Gasteiger partial charge in [-0.05, 0) is 32.1 Å². The number of rotatable bonds is 15. The number of carbonyl (C=O) groups is 1. The molecule has 0 rings (SSSR count). The van der Waals surface area contributed by atoms with E-state index in [1.54, 1.807) is 0 Å². The molecule has 0 aliphatic rings. The molecule has 0 saturated heterocycles. The summed E-state index contributed by atoms with van der Waals surface area (Å²) in [6, 6.07) is 0. The molecule has 0 spiro atoms. The van der Waals surface area contributed by atoms with Crippen molar-refractivity contribution in [1.82, 2.24) is 0 Å². The Morgan fingerprint density at radius 1 is 0.762 bits per heavy atom. The van der Waals surface area contributed by atoms with Crippen LogP contribution in [0.5, 0.6) is 0 Å². The zero-order chi connectivity index (χ0) is 14.9. The molecule has 0 fully saturated rings. The van der Waals surface area contributed by atoms with Crippen molar-refractivity contribution in [3.8, 4) is 0 Å². The van der Waals surface area contributed by atoms with Crippen molar-refractivity contribution in [2.24, 2.45) is 0 Å². The van der Waals surface area contributed by atoms with Crippen molar-refractivity contribution in [3.05, 3.63) is 12.2 Å². The topological polar surface area (TPSA) is 37.3 Å². The van der Waals surface area contributed by atoms with E-state index < -0.39 is 5.97 Å². The van der Waals surface area contributed by atoms with Gasteiger partial charge in [-0.15, -0.1) is 0 Å². The molecule has 0 saturated carbocycles. The predicted octanol–water partition coefficient (Wildman–Crippen LogP) is 5.46. The normalized spacial score (nSPS) is 10.7. The van der Waals surface area contributed by atoms with Crippen LogP contribution in [0, 0.1) is 0 Å². The first-order valence-corrected chi connectivity index (χ1v) is 8.64. The van der Waals surface area contributed by atoms with Gasteiger partial charge in [-0.1, -0.05) is 70.4 Å². The fraction of sp³-hybridized carbons (Fsp3) is 0.833. The molecule has 120 valence electrons. The van der Waals surface area contributed by atoms with Gasteiger partial charge < -0.3 is 5.11 Å². The molecule has 2 nitrogen and oxygen atoms in total. The molecule has 0 atom stereocenters. The molecule has 0 radical (unpaired) electrons. The van der Waals surface area contributed by atoms with Crippen molar-refractivity contribution in [3.63, 3.8) is 0 Å². The van der Waals surface area contributed by atoms with E-state index in [1.807, 2.05) is 0 Å². The van der Waals surface area contributed by atoms with Crippen LogP contribution in [-0.4, -0.2) is 40.6 Å². The van der Waals surface area contributed by atoms with Crippen LogP contribution >= 0.6 is 0 Å². The van der Waals surface area contributed by atoms with Crippen molar-refractivity contribution >= 4 is 35.5 Å². The third-order valence-corrected chi connectivity index (χ3v) is 3.65. The summed E-state index contributed by atoms with van der Waals surface area (Å²) in [6.45, 7) is 2.26. The zero-order valence-electron chi connectivity index (χ0n) is 13.4. The van der Waals surface area contributed by atoms with Crippen LogP contribution in [0.15, 0.2) is 12.2 Å². The van der Waals surface area contributed by atoms with Crippen LogP contribution in [0.25, 0.3) is 0 Å². The van der Waals surface area contributed by atoms with Crippen LogP contribution in [0.2, 0.25) is 0 Å². The number of hydrogen-bond acceptors (Lipinski definition) is 1. The van der Waals surface area contributed by atoms with Crippen LogP contribution < -0.4 is 0 Å². The summed E-state index contributed by atoms with van der Waals surface area (Å²) in [7, 11) is 0. The molecule has 21 heavy (non-hydrogen) atoms. The molecule has 0 aromatic rings. The van der Waals surface area contributed by atoms with Crippen LogP contribution in [0.1, 0.15) is 96.8 Å². The Morgan fingerprint density at radius 3 is 1.67 bits per heavy atom. The van der Waals surface area contributed by atoms with E-state index in [0.29, 0.717) is 6.42 Å². The summed E-state index contributed by atoms with van der Waals surface area (Å²) < 4.78 is 0. The fourth-order valence-corrected chi connectivity index (χ4v) is 2.35. The molecular formula is C18H35NaO2. The molecule has 0 bridgehead atoms. The molecule has 0 aromatic carbocycles. The average Bonchev–Trinajstić information content (AvgIpc) is 2.43. The maximum atomic E-state index is 10.3. The Labute approximate surface area is 154 Å². The van der Waals surface area contributed by atoms with E-state index in [-0.39, 0.29) is 29.6 Å². The summed E-state index contributed by atoms with van der Waals surface area (Å²) >= 11 is 0. The number of carboxylic acid groups (broad SMARTS) is 1. The van der Waals surface area contributed by atoms with Gasteiger partial charge in [-0.25, -0.2) is 0 Å². The van der Waals surface area contributed by atoms with Crippen molar-refractivity contribution in [2.45, 2.75) is 96.8 Å². The summed E-state index contributed by atoms with van der Waals surface area (Å²) in [5.74, 6) is -0.664. The standard InChI is InChI=1S/C18H34O2.Na.H/c1-2-3-4-5-6-7-8-9-10-11-12-13-14-15-16-17-18(19)20;;/h9-10H,2-8,11-17H2,1H3,(H,19,20);;/b10-9+;;. The van der Waals surface area contributed by atoms with Crippen LogP contribution in [-0.2, 0) is 4.79 Å². The summed E-state index contributed by atoms with van der Waals surface area (Å²) in [5, 5.41) is 8.51. The van der Waals surface area contributed by atoms with E-state index >= 15 is 0 Å². The third-order valence-electron chi connectivity index (χ3n) is 3.65. The van der Waals surface area contributed by atoms with E-state index in [0.717, 1.165) is 12.8 Å². The second-order valence-electron chi connectivity index (χ2n) is 5.73. The molecule has 0 aliphatic carbocycles. The first kappa shape index (κ1) is 23.5. The van der Waals surface area contributed by atoms with Gasteiger partial charge in [0.15, 0.2) is 0 Å². The number of carboxylic acids is 1. The molecule has 1 N–H and O–H groups in total. The van der Waals surface area contributed by atoms with E-state index in [4.69, 9.17) is 5.11 Å².